The number of nitro groups is 1. The Bertz CT molecular complexity index is 1160. The van der Waals surface area contributed by atoms with Gasteiger partial charge in [0.25, 0.3) is 11.2 Å². The predicted octanol–water partition coefficient (Wildman–Crippen LogP) is 2.29. The summed E-state index contributed by atoms with van der Waals surface area (Å²) in [5.74, 6) is -1.19. The summed E-state index contributed by atoms with van der Waals surface area (Å²) in [4.78, 5) is 58.0. The first-order valence-electron chi connectivity index (χ1n) is 10.5. The van der Waals surface area contributed by atoms with Crippen molar-refractivity contribution in [3.05, 3.63) is 49.8 Å². The van der Waals surface area contributed by atoms with Gasteiger partial charge in [0.05, 0.1) is 16.4 Å². The smallest absolute Gasteiger partial charge is 0.274 e. The molecule has 11 nitrogen and oxygen atoms in total. The number of nitro benzene ring substituents is 1. The molecule has 2 unspecified atom stereocenters. The number of rotatable bonds is 4. The van der Waals surface area contributed by atoms with Gasteiger partial charge in [-0.1, -0.05) is 13.0 Å². The van der Waals surface area contributed by atoms with Crippen LogP contribution in [0.25, 0.3) is 0 Å². The molecule has 2 atom stereocenters. The minimum Gasteiger partial charge on any atom is -0.342 e. The zero-order chi connectivity index (χ0) is 23.0. The standard InChI is InChI=1S/C21H24N6O5/c1-11-4-3-7-26(10-11)21-24-18-17(20(30)25-21)14(9-16(28)23-18)19(29)22-13-6-5-12(2)15(8-13)27(31)32/h5-6,8,11,14H,3-4,7,9-10H2,1-2H3,(H,22,29)(H2,23,24,25,28,30). The Morgan fingerprint density at radius 1 is 1.34 bits per heavy atom. The van der Waals surface area contributed by atoms with Crippen LogP contribution in [0.4, 0.5) is 23.1 Å². The fraction of sp³-hybridized carbons (Fsp3) is 0.429. The second-order valence-electron chi connectivity index (χ2n) is 8.40. The van der Waals surface area contributed by atoms with Crippen LogP contribution in [-0.2, 0) is 9.59 Å². The molecule has 32 heavy (non-hydrogen) atoms. The van der Waals surface area contributed by atoms with Gasteiger partial charge in [0.15, 0.2) is 0 Å². The summed E-state index contributed by atoms with van der Waals surface area (Å²) in [6.45, 7) is 5.21. The number of amides is 2. The van der Waals surface area contributed by atoms with Gasteiger partial charge in [-0.05, 0) is 31.7 Å². The van der Waals surface area contributed by atoms with Crippen LogP contribution in [0.3, 0.4) is 0 Å². The summed E-state index contributed by atoms with van der Waals surface area (Å²) >= 11 is 0. The van der Waals surface area contributed by atoms with Crippen molar-refractivity contribution in [2.45, 2.75) is 39.0 Å². The second-order valence-corrected chi connectivity index (χ2v) is 8.40. The predicted molar refractivity (Wildman–Crippen MR) is 118 cm³/mol. The topological polar surface area (TPSA) is 150 Å². The molecular weight excluding hydrogens is 416 g/mol. The molecule has 4 rings (SSSR count). The van der Waals surface area contributed by atoms with E-state index in [1.807, 2.05) is 4.90 Å². The quantitative estimate of drug-likeness (QED) is 0.487. The lowest BCUT2D eigenvalue weighted by atomic mass is 9.92. The zero-order valence-electron chi connectivity index (χ0n) is 17.8. The number of fused-ring (bicyclic) bond motifs is 1. The number of carbonyl (C=O) groups excluding carboxylic acids is 2. The van der Waals surface area contributed by atoms with Crippen molar-refractivity contribution in [1.82, 2.24) is 9.97 Å². The van der Waals surface area contributed by atoms with Gasteiger partial charge in [0, 0.05) is 36.8 Å². The number of hydrogen-bond acceptors (Lipinski definition) is 7. The molecule has 2 aliphatic rings. The van der Waals surface area contributed by atoms with Gasteiger partial charge in [-0.25, -0.2) is 0 Å². The Hall–Kier alpha value is -3.76. The lowest BCUT2D eigenvalue weighted by molar-refractivity contribution is -0.385. The first-order chi connectivity index (χ1) is 15.2. The third kappa shape index (κ3) is 4.18. The molecule has 0 spiro atoms. The summed E-state index contributed by atoms with van der Waals surface area (Å²) in [6.07, 6.45) is 1.85. The summed E-state index contributed by atoms with van der Waals surface area (Å²) in [7, 11) is 0. The van der Waals surface area contributed by atoms with Crippen molar-refractivity contribution in [2.24, 2.45) is 5.92 Å². The maximum Gasteiger partial charge on any atom is 0.274 e. The first kappa shape index (κ1) is 21.5. The maximum absolute atomic E-state index is 13.0. The van der Waals surface area contributed by atoms with Gasteiger partial charge >= 0.3 is 0 Å². The van der Waals surface area contributed by atoms with Crippen LogP contribution in [0.15, 0.2) is 23.0 Å². The number of benzene rings is 1. The third-order valence-electron chi connectivity index (χ3n) is 5.88. The number of carbonyl (C=O) groups is 2. The summed E-state index contributed by atoms with van der Waals surface area (Å²) < 4.78 is 0. The molecule has 168 valence electrons. The van der Waals surface area contributed by atoms with Gasteiger partial charge < -0.3 is 15.5 Å². The first-order valence-corrected chi connectivity index (χ1v) is 10.5. The summed E-state index contributed by atoms with van der Waals surface area (Å²) in [6, 6.07) is 4.31. The Kier molecular flexibility index (Phi) is 5.64. The molecule has 0 aliphatic carbocycles. The number of nitrogens with one attached hydrogen (secondary N) is 3. The monoisotopic (exact) mass is 440 g/mol. The molecule has 0 saturated carbocycles. The number of anilines is 3. The second kappa shape index (κ2) is 8.40. The maximum atomic E-state index is 13.0. The molecule has 3 N–H and O–H groups in total. The third-order valence-corrected chi connectivity index (χ3v) is 5.88. The van der Waals surface area contributed by atoms with E-state index in [4.69, 9.17) is 0 Å². The lowest BCUT2D eigenvalue weighted by Gasteiger charge is -2.32. The number of aromatic amines is 1. The highest BCUT2D eigenvalue weighted by atomic mass is 16.6. The molecule has 2 aromatic rings. The normalized spacial score (nSPS) is 20.3. The number of aromatic nitrogens is 2. The van der Waals surface area contributed by atoms with Crippen LogP contribution in [0, 0.1) is 23.0 Å². The highest BCUT2D eigenvalue weighted by molar-refractivity contribution is 6.04. The lowest BCUT2D eigenvalue weighted by Crippen LogP contribution is -2.40. The van der Waals surface area contributed by atoms with Gasteiger partial charge in [-0.3, -0.25) is 29.5 Å². The number of nitrogens with zero attached hydrogens (tertiary/aromatic N) is 3. The number of hydrogen-bond donors (Lipinski definition) is 3. The van der Waals surface area contributed by atoms with E-state index in [-0.39, 0.29) is 29.2 Å². The van der Waals surface area contributed by atoms with Crippen molar-refractivity contribution in [2.75, 3.05) is 28.6 Å². The molecular formula is C21H24N6O5. The molecule has 1 aromatic heterocycles. The van der Waals surface area contributed by atoms with E-state index in [1.165, 1.54) is 18.2 Å². The Morgan fingerprint density at radius 3 is 2.84 bits per heavy atom. The minimum atomic E-state index is -1.07. The van der Waals surface area contributed by atoms with Crippen LogP contribution in [0.5, 0.6) is 0 Å². The van der Waals surface area contributed by atoms with Crippen LogP contribution in [-0.4, -0.2) is 39.8 Å². The molecule has 2 amide bonds. The molecule has 1 fully saturated rings. The SMILES string of the molecule is Cc1ccc(NC(=O)C2CC(=O)Nc3nc(N4CCCC(C)C4)[nH]c(=O)c32)cc1[N+](=O)[O-]. The van der Waals surface area contributed by atoms with E-state index in [9.17, 15) is 24.5 Å². The van der Waals surface area contributed by atoms with Crippen molar-refractivity contribution in [3.8, 4) is 0 Å². The molecule has 0 radical (unpaired) electrons. The van der Waals surface area contributed by atoms with Crippen LogP contribution < -0.4 is 21.1 Å². The van der Waals surface area contributed by atoms with E-state index >= 15 is 0 Å². The van der Waals surface area contributed by atoms with Crippen LogP contribution >= 0.6 is 0 Å². The Morgan fingerprint density at radius 2 is 2.12 bits per heavy atom. The number of piperidine rings is 1. The van der Waals surface area contributed by atoms with Gasteiger partial charge in [0.2, 0.25) is 17.8 Å². The molecule has 11 heteroatoms. The van der Waals surface area contributed by atoms with Gasteiger partial charge in [-0.15, -0.1) is 0 Å². The van der Waals surface area contributed by atoms with E-state index in [0.717, 1.165) is 25.9 Å². The molecule has 1 saturated heterocycles. The highest BCUT2D eigenvalue weighted by Crippen LogP contribution is 2.31. The average Bonchev–Trinajstić information content (AvgIpc) is 2.73. The van der Waals surface area contributed by atoms with Crippen molar-refractivity contribution >= 4 is 35.0 Å². The number of H-pyrrole nitrogens is 1. The molecule has 2 aliphatic heterocycles. The minimum absolute atomic E-state index is 0.0771. The molecule has 3 heterocycles. The van der Waals surface area contributed by atoms with Gasteiger partial charge in [0.1, 0.15) is 5.82 Å². The fourth-order valence-electron chi connectivity index (χ4n) is 4.23. The number of aryl methyl sites for hydroxylation is 1. The van der Waals surface area contributed by atoms with E-state index in [0.29, 0.717) is 17.4 Å². The summed E-state index contributed by atoms with van der Waals surface area (Å²) in [5, 5.41) is 16.4. The van der Waals surface area contributed by atoms with Crippen molar-refractivity contribution in [1.29, 1.82) is 0 Å². The van der Waals surface area contributed by atoms with Crippen molar-refractivity contribution in [3.63, 3.8) is 0 Å². The Balaban J connectivity index is 1.64. The zero-order valence-corrected chi connectivity index (χ0v) is 17.8. The van der Waals surface area contributed by atoms with Gasteiger partial charge in [-0.2, -0.15) is 4.98 Å². The molecule has 0 bridgehead atoms. The highest BCUT2D eigenvalue weighted by Gasteiger charge is 2.35. The molecule has 1 aromatic carbocycles. The van der Waals surface area contributed by atoms with Crippen molar-refractivity contribution < 1.29 is 14.5 Å². The van der Waals surface area contributed by atoms with Crippen LogP contribution in [0.1, 0.15) is 43.2 Å². The fourth-order valence-corrected chi connectivity index (χ4v) is 4.23. The van der Waals surface area contributed by atoms with E-state index < -0.39 is 28.2 Å². The summed E-state index contributed by atoms with van der Waals surface area (Å²) in [5.41, 5.74) is 0.124. The average molecular weight is 440 g/mol. The van der Waals surface area contributed by atoms with Crippen LogP contribution in [0.2, 0.25) is 0 Å². The largest absolute Gasteiger partial charge is 0.342 e. The Labute approximate surface area is 183 Å². The van der Waals surface area contributed by atoms with E-state index in [1.54, 1.807) is 6.92 Å². The van der Waals surface area contributed by atoms with E-state index in [2.05, 4.69) is 27.5 Å².